The van der Waals surface area contributed by atoms with Gasteiger partial charge in [-0.3, -0.25) is 4.79 Å². The summed E-state index contributed by atoms with van der Waals surface area (Å²) in [5.41, 5.74) is 1.91. The van der Waals surface area contributed by atoms with E-state index in [4.69, 9.17) is 23.2 Å². The maximum atomic E-state index is 13.6. The smallest absolute Gasteiger partial charge is 0.262 e. The van der Waals surface area contributed by atoms with Crippen molar-refractivity contribution in [2.75, 3.05) is 25.6 Å². The van der Waals surface area contributed by atoms with Gasteiger partial charge in [0.25, 0.3) is 15.9 Å². The maximum absolute atomic E-state index is 13.6. The van der Waals surface area contributed by atoms with Gasteiger partial charge in [0.2, 0.25) is 5.03 Å². The van der Waals surface area contributed by atoms with Crippen LogP contribution in [0.4, 0.5) is 0 Å². The van der Waals surface area contributed by atoms with E-state index in [1.807, 2.05) is 0 Å². The second kappa shape index (κ2) is 10.2. The summed E-state index contributed by atoms with van der Waals surface area (Å²) in [6.07, 6.45) is 1.73. The lowest BCUT2D eigenvalue weighted by molar-refractivity contribution is 0.0939. The van der Waals surface area contributed by atoms with Gasteiger partial charge in [-0.2, -0.15) is 5.10 Å². The summed E-state index contributed by atoms with van der Waals surface area (Å²) in [5, 5.41) is 7.50. The highest BCUT2D eigenvalue weighted by atomic mass is 35.5. The molecule has 3 heterocycles. The lowest BCUT2D eigenvalue weighted by Crippen LogP contribution is -2.36. The van der Waals surface area contributed by atoms with Crippen molar-refractivity contribution in [2.24, 2.45) is 0 Å². The Kier molecular flexibility index (Phi) is 7.18. The van der Waals surface area contributed by atoms with Crippen LogP contribution in [0.15, 0.2) is 59.8 Å². The van der Waals surface area contributed by atoms with Crippen molar-refractivity contribution >= 4 is 54.6 Å². The van der Waals surface area contributed by atoms with Gasteiger partial charge in [-0.15, -0.1) is 0 Å². The van der Waals surface area contributed by atoms with Crippen LogP contribution in [0, 0.1) is 0 Å². The molecule has 0 saturated carbocycles. The quantitative estimate of drug-likeness (QED) is 0.354. The highest BCUT2D eigenvalue weighted by molar-refractivity contribution is 7.91. The molecule has 204 valence electrons. The van der Waals surface area contributed by atoms with Crippen molar-refractivity contribution in [3.8, 4) is 22.4 Å². The van der Waals surface area contributed by atoms with Gasteiger partial charge < -0.3 is 5.32 Å². The number of nitrogens with one attached hydrogen (secondary N) is 1. The number of carbonyl (C=O) groups excluding carboxylic acids is 1. The normalized spacial score (nSPS) is 17.1. The zero-order valence-electron chi connectivity index (χ0n) is 20.8. The molecule has 1 aliphatic rings. The summed E-state index contributed by atoms with van der Waals surface area (Å²) >= 11 is 12.6. The standard InChI is InChI=1S/C25H23Cl2N5O5S2/c1-31(2)39(36,37)25-21(24(33)29-17-11-12-38(34,35)14-17)23-28-13-19(18-5-3-4-6-20(18)27)22(32(23)30-25)15-7-9-16(26)10-8-15/h3-10,13,17H,11-12,14H2,1-2H3,(H,29,33). The molecule has 0 spiro atoms. The van der Waals surface area contributed by atoms with Crippen molar-refractivity contribution in [3.63, 3.8) is 0 Å². The number of sulfonamides is 1. The van der Waals surface area contributed by atoms with E-state index >= 15 is 0 Å². The summed E-state index contributed by atoms with van der Waals surface area (Å²) < 4.78 is 52.9. The predicted molar refractivity (Wildman–Crippen MR) is 149 cm³/mol. The number of amides is 1. The van der Waals surface area contributed by atoms with Gasteiger partial charge in [0, 0.05) is 53.1 Å². The topological polar surface area (TPSA) is 131 Å². The molecule has 0 bridgehead atoms. The van der Waals surface area contributed by atoms with Gasteiger partial charge in [0.15, 0.2) is 15.5 Å². The maximum Gasteiger partial charge on any atom is 0.262 e. The van der Waals surface area contributed by atoms with E-state index in [1.165, 1.54) is 24.8 Å². The van der Waals surface area contributed by atoms with Gasteiger partial charge in [-0.1, -0.05) is 53.5 Å². The molecular weight excluding hydrogens is 585 g/mol. The number of hydrogen-bond donors (Lipinski definition) is 1. The first-order valence-corrected chi connectivity index (χ1v) is 15.8. The molecule has 1 fully saturated rings. The van der Waals surface area contributed by atoms with Crippen LogP contribution in [0.25, 0.3) is 28.0 Å². The van der Waals surface area contributed by atoms with E-state index in [-0.39, 0.29) is 29.1 Å². The first-order chi connectivity index (χ1) is 18.4. The van der Waals surface area contributed by atoms with Gasteiger partial charge in [0.1, 0.15) is 5.56 Å². The molecule has 2 aromatic carbocycles. The SMILES string of the molecule is CN(C)S(=O)(=O)c1nn2c(-c3ccc(Cl)cc3)c(-c3ccccc3Cl)cnc2c1C(=O)NC1CCS(=O)(=O)C1. The van der Waals surface area contributed by atoms with E-state index in [0.29, 0.717) is 32.4 Å². The number of fused-ring (bicyclic) bond motifs is 1. The van der Waals surface area contributed by atoms with E-state index in [9.17, 15) is 21.6 Å². The summed E-state index contributed by atoms with van der Waals surface area (Å²) in [6, 6.07) is 13.3. The van der Waals surface area contributed by atoms with Crippen LogP contribution in [0.2, 0.25) is 10.0 Å². The third-order valence-corrected chi connectivity index (χ3v) is 10.5. The number of halogens is 2. The molecule has 0 aliphatic carbocycles. The molecule has 10 nitrogen and oxygen atoms in total. The number of rotatable bonds is 6. The summed E-state index contributed by atoms with van der Waals surface area (Å²) in [7, 11) is -4.87. The van der Waals surface area contributed by atoms with Gasteiger partial charge in [-0.25, -0.2) is 30.6 Å². The second-order valence-electron chi connectivity index (χ2n) is 9.28. The minimum Gasteiger partial charge on any atom is -0.348 e. The largest absolute Gasteiger partial charge is 0.348 e. The van der Waals surface area contributed by atoms with Crippen LogP contribution in [0.1, 0.15) is 16.8 Å². The van der Waals surface area contributed by atoms with Gasteiger partial charge >= 0.3 is 0 Å². The first kappa shape index (κ1) is 27.5. The minimum absolute atomic E-state index is 0.0190. The van der Waals surface area contributed by atoms with Crippen LogP contribution in [0.5, 0.6) is 0 Å². The zero-order chi connectivity index (χ0) is 28.1. The van der Waals surface area contributed by atoms with Crippen LogP contribution in [0.3, 0.4) is 0 Å². The fourth-order valence-corrected chi connectivity index (χ4v) is 7.46. The highest BCUT2D eigenvalue weighted by Crippen LogP contribution is 2.37. The summed E-state index contributed by atoms with van der Waals surface area (Å²) in [6.45, 7) is 0. The van der Waals surface area contributed by atoms with E-state index in [0.717, 1.165) is 4.31 Å². The Bertz CT molecular complexity index is 1820. The molecule has 4 aromatic rings. The number of hydrogen-bond acceptors (Lipinski definition) is 7. The Morgan fingerprint density at radius 3 is 2.38 bits per heavy atom. The fourth-order valence-electron chi connectivity index (χ4n) is 4.45. The van der Waals surface area contributed by atoms with Crippen molar-refractivity contribution in [1.82, 2.24) is 24.2 Å². The van der Waals surface area contributed by atoms with E-state index in [1.54, 1.807) is 48.5 Å². The third-order valence-electron chi connectivity index (χ3n) is 6.41. The second-order valence-corrected chi connectivity index (χ2v) is 14.4. The molecule has 1 N–H and O–H groups in total. The predicted octanol–water partition coefficient (Wildman–Crippen LogP) is 3.54. The Labute approximate surface area is 235 Å². The van der Waals surface area contributed by atoms with E-state index in [2.05, 4.69) is 15.4 Å². The molecule has 5 rings (SSSR count). The average molecular weight is 609 g/mol. The van der Waals surface area contributed by atoms with Gasteiger partial charge in [0.05, 0.1) is 17.2 Å². The number of sulfone groups is 1. The van der Waals surface area contributed by atoms with Crippen LogP contribution < -0.4 is 5.32 Å². The Balaban J connectivity index is 1.81. The first-order valence-electron chi connectivity index (χ1n) is 11.8. The number of aromatic nitrogens is 3. The van der Waals surface area contributed by atoms with Crippen LogP contribution in [-0.2, 0) is 19.9 Å². The summed E-state index contributed by atoms with van der Waals surface area (Å²) in [4.78, 5) is 18.0. The lowest BCUT2D eigenvalue weighted by Gasteiger charge is -2.14. The molecule has 1 saturated heterocycles. The van der Waals surface area contributed by atoms with E-state index < -0.39 is 36.8 Å². The monoisotopic (exact) mass is 607 g/mol. The fraction of sp³-hybridized carbons (Fsp3) is 0.240. The average Bonchev–Trinajstić information content (AvgIpc) is 3.44. The molecular formula is C25H23Cl2N5O5S2. The van der Waals surface area contributed by atoms with Crippen molar-refractivity contribution in [2.45, 2.75) is 17.5 Å². The van der Waals surface area contributed by atoms with Crippen molar-refractivity contribution in [1.29, 1.82) is 0 Å². The van der Waals surface area contributed by atoms with Crippen molar-refractivity contribution < 1.29 is 21.6 Å². The molecule has 1 amide bonds. The highest BCUT2D eigenvalue weighted by Gasteiger charge is 2.36. The lowest BCUT2D eigenvalue weighted by atomic mass is 10.0. The Hall–Kier alpha value is -3.03. The zero-order valence-corrected chi connectivity index (χ0v) is 23.9. The molecule has 39 heavy (non-hydrogen) atoms. The van der Waals surface area contributed by atoms with Crippen molar-refractivity contribution in [3.05, 3.63) is 70.3 Å². The number of benzene rings is 2. The van der Waals surface area contributed by atoms with Crippen LogP contribution >= 0.6 is 23.2 Å². The van der Waals surface area contributed by atoms with Crippen LogP contribution in [-0.4, -0.2) is 73.3 Å². The molecule has 1 aliphatic heterocycles. The minimum atomic E-state index is -4.23. The molecule has 1 atom stereocenters. The third kappa shape index (κ3) is 5.14. The number of carbonyl (C=O) groups is 1. The molecule has 0 radical (unpaired) electrons. The molecule has 1 unspecified atom stereocenters. The molecule has 14 heteroatoms. The van der Waals surface area contributed by atoms with Gasteiger partial charge in [-0.05, 0) is 24.6 Å². The Morgan fingerprint density at radius 2 is 1.77 bits per heavy atom. The number of nitrogens with zero attached hydrogens (tertiary/aromatic N) is 4. The molecule has 2 aromatic heterocycles. The summed E-state index contributed by atoms with van der Waals surface area (Å²) in [5.74, 6) is -1.07. The Morgan fingerprint density at radius 1 is 1.08 bits per heavy atom.